The van der Waals surface area contributed by atoms with Crippen molar-refractivity contribution in [2.75, 3.05) is 32.8 Å². The van der Waals surface area contributed by atoms with E-state index in [1.54, 1.807) is 0 Å². The molecule has 23 heavy (non-hydrogen) atoms. The highest BCUT2D eigenvalue weighted by atomic mass is 35.5. The number of hydrogen-bond donors (Lipinski definition) is 1. The summed E-state index contributed by atoms with van der Waals surface area (Å²) in [7, 11) is 0. The van der Waals surface area contributed by atoms with Crippen molar-refractivity contribution in [2.24, 2.45) is 5.92 Å². The van der Waals surface area contributed by atoms with Gasteiger partial charge in [0, 0.05) is 26.2 Å². The molecule has 0 aliphatic carbocycles. The highest BCUT2D eigenvalue weighted by Gasteiger charge is 2.22. The van der Waals surface area contributed by atoms with Gasteiger partial charge in [0.05, 0.1) is 23.3 Å². The monoisotopic (exact) mass is 346 g/mol. The number of halogens is 3. The molecule has 0 spiro atoms. The Morgan fingerprint density at radius 3 is 2.83 bits per heavy atom. The Morgan fingerprint density at radius 1 is 1.43 bits per heavy atom. The molecule has 1 aromatic rings. The van der Waals surface area contributed by atoms with Crippen molar-refractivity contribution in [1.29, 1.82) is 0 Å². The van der Waals surface area contributed by atoms with Crippen molar-refractivity contribution in [3.8, 4) is 0 Å². The van der Waals surface area contributed by atoms with Gasteiger partial charge in [-0.25, -0.2) is 8.78 Å². The molecule has 1 heterocycles. The average molecular weight is 347 g/mol. The molecular formula is C16H21ClF2N2O2. The van der Waals surface area contributed by atoms with Crippen LogP contribution in [0.15, 0.2) is 12.1 Å². The molecule has 1 unspecified atom stereocenters. The predicted molar refractivity (Wildman–Crippen MR) is 84.7 cm³/mol. The topological polar surface area (TPSA) is 41.6 Å². The van der Waals surface area contributed by atoms with E-state index in [2.05, 4.69) is 24.1 Å². The maximum atomic E-state index is 13.2. The lowest BCUT2D eigenvalue weighted by Crippen LogP contribution is -2.48. The normalized spacial score (nSPS) is 19.1. The van der Waals surface area contributed by atoms with Crippen LogP contribution in [0.1, 0.15) is 24.2 Å². The molecule has 0 saturated carbocycles. The van der Waals surface area contributed by atoms with Gasteiger partial charge in [0.1, 0.15) is 0 Å². The second kappa shape index (κ2) is 8.04. The number of carbonyl (C=O) groups excluding carboxylic acids is 1. The van der Waals surface area contributed by atoms with Crippen molar-refractivity contribution in [3.63, 3.8) is 0 Å². The van der Waals surface area contributed by atoms with Crippen LogP contribution in [0.4, 0.5) is 8.78 Å². The Bertz CT molecular complexity index is 569. The van der Waals surface area contributed by atoms with Gasteiger partial charge in [0.15, 0.2) is 11.6 Å². The number of carbonyl (C=O) groups is 1. The molecule has 128 valence electrons. The van der Waals surface area contributed by atoms with E-state index in [1.165, 1.54) is 0 Å². The maximum Gasteiger partial charge on any atom is 0.252 e. The van der Waals surface area contributed by atoms with Crippen LogP contribution in [0.25, 0.3) is 0 Å². The molecule has 2 rings (SSSR count). The molecule has 1 aliphatic heterocycles. The highest BCUT2D eigenvalue weighted by Crippen LogP contribution is 2.20. The minimum Gasteiger partial charge on any atom is -0.374 e. The number of nitrogens with zero attached hydrogens (tertiary/aromatic N) is 1. The fourth-order valence-electron chi connectivity index (χ4n) is 2.58. The third-order valence-corrected chi connectivity index (χ3v) is 3.90. The molecule has 1 fully saturated rings. The van der Waals surface area contributed by atoms with E-state index < -0.39 is 17.5 Å². The second-order valence-electron chi connectivity index (χ2n) is 6.10. The van der Waals surface area contributed by atoms with E-state index >= 15 is 0 Å². The van der Waals surface area contributed by atoms with E-state index in [4.69, 9.17) is 16.3 Å². The molecule has 1 aromatic carbocycles. The molecule has 7 heteroatoms. The van der Waals surface area contributed by atoms with Crippen LogP contribution in [0.3, 0.4) is 0 Å². The summed E-state index contributed by atoms with van der Waals surface area (Å²) in [5.74, 6) is -2.16. The fraction of sp³-hybridized carbons (Fsp3) is 0.562. The lowest BCUT2D eigenvalue weighted by atomic mass is 10.1. The number of ether oxygens (including phenoxy) is 1. The van der Waals surface area contributed by atoms with E-state index in [9.17, 15) is 13.6 Å². The Labute approximate surface area is 139 Å². The van der Waals surface area contributed by atoms with Crippen LogP contribution in [0.5, 0.6) is 0 Å². The van der Waals surface area contributed by atoms with Crippen LogP contribution in [-0.4, -0.2) is 49.7 Å². The van der Waals surface area contributed by atoms with E-state index in [0.717, 1.165) is 31.8 Å². The van der Waals surface area contributed by atoms with Gasteiger partial charge in [-0.3, -0.25) is 9.69 Å². The molecule has 4 nitrogen and oxygen atoms in total. The first-order chi connectivity index (χ1) is 10.9. The van der Waals surface area contributed by atoms with Gasteiger partial charge in [-0.2, -0.15) is 0 Å². The molecule has 1 atom stereocenters. The van der Waals surface area contributed by atoms with Gasteiger partial charge in [0.25, 0.3) is 5.91 Å². The summed E-state index contributed by atoms with van der Waals surface area (Å²) >= 11 is 5.79. The Balaban J connectivity index is 1.90. The molecule has 0 aromatic heterocycles. The Hall–Kier alpha value is -1.24. The predicted octanol–water partition coefficient (Wildman–Crippen LogP) is 2.70. The van der Waals surface area contributed by atoms with E-state index in [1.807, 2.05) is 0 Å². The van der Waals surface area contributed by atoms with Gasteiger partial charge in [-0.1, -0.05) is 25.4 Å². The number of morpholine rings is 1. The first-order valence-corrected chi connectivity index (χ1v) is 8.01. The van der Waals surface area contributed by atoms with Gasteiger partial charge in [0.2, 0.25) is 0 Å². The van der Waals surface area contributed by atoms with Gasteiger partial charge >= 0.3 is 0 Å². The minimum absolute atomic E-state index is 0.0830. The summed E-state index contributed by atoms with van der Waals surface area (Å²) in [5, 5.41) is 2.55. The van der Waals surface area contributed by atoms with Gasteiger partial charge in [-0.15, -0.1) is 0 Å². The van der Waals surface area contributed by atoms with Gasteiger partial charge < -0.3 is 10.1 Å². The van der Waals surface area contributed by atoms with Crippen molar-refractivity contribution >= 4 is 17.5 Å². The lowest BCUT2D eigenvalue weighted by Gasteiger charge is -2.34. The Morgan fingerprint density at radius 2 is 2.13 bits per heavy atom. The number of nitrogens with one attached hydrogen (secondary N) is 1. The van der Waals surface area contributed by atoms with Crippen LogP contribution < -0.4 is 5.32 Å². The Kier molecular flexibility index (Phi) is 6.33. The summed E-state index contributed by atoms with van der Waals surface area (Å²) in [6, 6.07) is 1.60. The molecule has 0 bridgehead atoms. The summed E-state index contributed by atoms with van der Waals surface area (Å²) in [4.78, 5) is 14.4. The van der Waals surface area contributed by atoms with Crippen LogP contribution in [-0.2, 0) is 4.74 Å². The number of benzene rings is 1. The number of amides is 1. The fourth-order valence-corrected chi connectivity index (χ4v) is 2.82. The highest BCUT2D eigenvalue weighted by molar-refractivity contribution is 6.33. The van der Waals surface area contributed by atoms with Crippen molar-refractivity contribution in [3.05, 3.63) is 34.4 Å². The summed E-state index contributed by atoms with van der Waals surface area (Å²) in [6.07, 6.45) is -0.129. The van der Waals surface area contributed by atoms with Gasteiger partial charge in [-0.05, 0) is 18.1 Å². The quantitative estimate of drug-likeness (QED) is 0.833. The van der Waals surface area contributed by atoms with Crippen LogP contribution in [0.2, 0.25) is 5.02 Å². The summed E-state index contributed by atoms with van der Waals surface area (Å²) < 4.78 is 31.9. The first kappa shape index (κ1) is 18.1. The lowest BCUT2D eigenvalue weighted by molar-refractivity contribution is -0.0295. The minimum atomic E-state index is -1.10. The first-order valence-electron chi connectivity index (χ1n) is 7.63. The van der Waals surface area contributed by atoms with Crippen molar-refractivity contribution in [1.82, 2.24) is 10.2 Å². The van der Waals surface area contributed by atoms with Crippen LogP contribution >= 0.6 is 11.6 Å². The summed E-state index contributed by atoms with van der Waals surface area (Å²) in [6.45, 7) is 7.78. The molecule has 1 N–H and O–H groups in total. The third kappa shape index (κ3) is 5.12. The number of rotatable bonds is 5. The van der Waals surface area contributed by atoms with Crippen LogP contribution in [0, 0.1) is 17.6 Å². The molecule has 0 radical (unpaired) electrons. The largest absolute Gasteiger partial charge is 0.374 e. The molecule has 1 aliphatic rings. The SMILES string of the molecule is CC(C)CN1CCOC(CNC(=O)c2cc(F)c(F)cc2Cl)C1. The van der Waals surface area contributed by atoms with E-state index in [-0.39, 0.29) is 16.7 Å². The zero-order valence-corrected chi connectivity index (χ0v) is 14.0. The molecule has 1 saturated heterocycles. The van der Waals surface area contributed by atoms with Crippen molar-refractivity contribution < 1.29 is 18.3 Å². The number of hydrogen-bond acceptors (Lipinski definition) is 3. The second-order valence-corrected chi connectivity index (χ2v) is 6.51. The smallest absolute Gasteiger partial charge is 0.252 e. The van der Waals surface area contributed by atoms with E-state index in [0.29, 0.717) is 19.1 Å². The summed E-state index contributed by atoms with van der Waals surface area (Å²) in [5.41, 5.74) is -0.0830. The maximum absolute atomic E-state index is 13.2. The van der Waals surface area contributed by atoms with Crippen molar-refractivity contribution in [2.45, 2.75) is 20.0 Å². The zero-order valence-electron chi connectivity index (χ0n) is 13.2. The zero-order chi connectivity index (χ0) is 17.0. The standard InChI is InChI=1S/C16H21ClF2N2O2/c1-10(2)8-21-3-4-23-11(9-21)7-20-16(22)12-5-14(18)15(19)6-13(12)17/h5-6,10-11H,3-4,7-9H2,1-2H3,(H,20,22). The third-order valence-electron chi connectivity index (χ3n) is 3.59. The molecular weight excluding hydrogens is 326 g/mol. The average Bonchev–Trinajstić information content (AvgIpc) is 2.48. The molecule has 1 amide bonds.